The zero-order valence-electron chi connectivity index (χ0n) is 11.9. The van der Waals surface area contributed by atoms with Gasteiger partial charge in [-0.05, 0) is 30.7 Å². The summed E-state index contributed by atoms with van der Waals surface area (Å²) >= 11 is 0. The maximum Gasteiger partial charge on any atom is 0.390 e. The lowest BCUT2D eigenvalue weighted by Crippen LogP contribution is -2.29. The zero-order chi connectivity index (χ0) is 16.1. The number of hydrogen-bond donors (Lipinski definition) is 2. The van der Waals surface area contributed by atoms with E-state index in [-0.39, 0.29) is 4.90 Å². The van der Waals surface area contributed by atoms with Gasteiger partial charge in [0, 0.05) is 13.1 Å². The van der Waals surface area contributed by atoms with Gasteiger partial charge >= 0.3 is 6.18 Å². The monoisotopic (exact) mass is 324 g/mol. The third kappa shape index (κ3) is 5.64. The summed E-state index contributed by atoms with van der Waals surface area (Å²) in [5.41, 5.74) is 1.34. The van der Waals surface area contributed by atoms with Crippen LogP contribution < -0.4 is 10.0 Å². The second-order valence-corrected chi connectivity index (χ2v) is 6.32. The Bertz CT molecular complexity index is 571. The number of alkyl halides is 3. The van der Waals surface area contributed by atoms with E-state index in [4.69, 9.17) is 0 Å². The van der Waals surface area contributed by atoms with E-state index in [1.807, 2.05) is 11.6 Å². The summed E-state index contributed by atoms with van der Waals surface area (Å²) < 4.78 is 62.3. The second kappa shape index (κ2) is 7.24. The van der Waals surface area contributed by atoms with Crippen LogP contribution in [0.5, 0.6) is 0 Å². The molecule has 4 nitrogen and oxygen atoms in total. The van der Waals surface area contributed by atoms with E-state index in [0.29, 0.717) is 12.1 Å². The molecule has 0 aromatic heterocycles. The van der Waals surface area contributed by atoms with Crippen molar-refractivity contribution in [1.82, 2.24) is 10.0 Å². The summed E-state index contributed by atoms with van der Waals surface area (Å²) in [4.78, 5) is 0.0140. The van der Waals surface area contributed by atoms with Gasteiger partial charge in [0.15, 0.2) is 0 Å². The lowest BCUT2D eigenvalue weighted by Gasteiger charge is -2.13. The Labute approximate surface area is 122 Å². The zero-order valence-corrected chi connectivity index (χ0v) is 12.7. The molecular formula is C13H19F3N2O2S. The molecule has 0 heterocycles. The first kappa shape index (κ1) is 17.9. The summed E-state index contributed by atoms with van der Waals surface area (Å²) in [6.07, 6.45) is -5.58. The fourth-order valence-corrected chi connectivity index (χ4v) is 3.13. The molecule has 0 radical (unpaired) electrons. The Kier molecular flexibility index (Phi) is 6.18. The molecule has 0 fully saturated rings. The first-order chi connectivity index (χ1) is 9.67. The van der Waals surface area contributed by atoms with E-state index in [0.717, 1.165) is 12.1 Å². The molecule has 0 aliphatic rings. The van der Waals surface area contributed by atoms with Crippen molar-refractivity contribution in [2.45, 2.75) is 37.9 Å². The molecule has 120 valence electrons. The number of rotatable bonds is 7. The van der Waals surface area contributed by atoms with Gasteiger partial charge in [0.1, 0.15) is 0 Å². The minimum atomic E-state index is -4.38. The van der Waals surface area contributed by atoms with Gasteiger partial charge < -0.3 is 5.32 Å². The highest BCUT2D eigenvalue weighted by atomic mass is 32.2. The topological polar surface area (TPSA) is 58.2 Å². The van der Waals surface area contributed by atoms with Crippen molar-refractivity contribution in [3.05, 3.63) is 29.3 Å². The summed E-state index contributed by atoms with van der Waals surface area (Å²) in [6.45, 7) is 4.15. The van der Waals surface area contributed by atoms with Crippen LogP contribution in [0.4, 0.5) is 13.2 Å². The maximum atomic E-state index is 12.1. The number of nitrogens with one attached hydrogen (secondary N) is 2. The van der Waals surface area contributed by atoms with Gasteiger partial charge in [-0.2, -0.15) is 13.2 Å². The minimum Gasteiger partial charge on any atom is -0.313 e. The van der Waals surface area contributed by atoms with Crippen molar-refractivity contribution >= 4 is 10.0 Å². The summed E-state index contributed by atoms with van der Waals surface area (Å²) in [5, 5.41) is 3.08. The van der Waals surface area contributed by atoms with Crippen molar-refractivity contribution in [3.63, 3.8) is 0 Å². The molecule has 1 aromatic rings. The van der Waals surface area contributed by atoms with E-state index < -0.39 is 29.2 Å². The molecule has 0 unspecified atom stereocenters. The van der Waals surface area contributed by atoms with Gasteiger partial charge in [0.05, 0.1) is 11.3 Å². The maximum absolute atomic E-state index is 12.1. The van der Waals surface area contributed by atoms with Crippen molar-refractivity contribution in [2.75, 3.05) is 13.1 Å². The van der Waals surface area contributed by atoms with Crippen LogP contribution in [0.25, 0.3) is 0 Å². The van der Waals surface area contributed by atoms with Crippen molar-refractivity contribution in [3.8, 4) is 0 Å². The molecule has 1 rings (SSSR count). The Hall–Kier alpha value is -1.12. The van der Waals surface area contributed by atoms with E-state index in [1.54, 1.807) is 19.1 Å². The quantitative estimate of drug-likeness (QED) is 0.809. The first-order valence-corrected chi connectivity index (χ1v) is 8.01. The third-order valence-corrected chi connectivity index (χ3v) is 4.56. The van der Waals surface area contributed by atoms with E-state index in [2.05, 4.69) is 5.32 Å². The Balaban J connectivity index is 2.88. The van der Waals surface area contributed by atoms with Crippen LogP contribution in [0.3, 0.4) is 0 Å². The van der Waals surface area contributed by atoms with Crippen LogP contribution in [0.2, 0.25) is 0 Å². The molecule has 0 saturated heterocycles. The highest BCUT2D eigenvalue weighted by Gasteiger charge is 2.28. The predicted molar refractivity (Wildman–Crippen MR) is 74.4 cm³/mol. The first-order valence-electron chi connectivity index (χ1n) is 6.53. The molecule has 1 aromatic carbocycles. The molecule has 0 amide bonds. The highest BCUT2D eigenvalue weighted by molar-refractivity contribution is 7.89. The van der Waals surface area contributed by atoms with Gasteiger partial charge in [-0.1, -0.05) is 19.1 Å². The Morgan fingerprint density at radius 1 is 1.24 bits per heavy atom. The number of hydrogen-bond acceptors (Lipinski definition) is 3. The molecule has 0 bridgehead atoms. The predicted octanol–water partition coefficient (Wildman–Crippen LogP) is 2.34. The number of benzene rings is 1. The Morgan fingerprint density at radius 2 is 1.90 bits per heavy atom. The molecule has 21 heavy (non-hydrogen) atoms. The van der Waals surface area contributed by atoms with E-state index in [9.17, 15) is 21.6 Å². The van der Waals surface area contributed by atoms with Crippen molar-refractivity contribution < 1.29 is 21.6 Å². The van der Waals surface area contributed by atoms with Gasteiger partial charge in [-0.15, -0.1) is 0 Å². The normalized spacial score (nSPS) is 12.6. The number of sulfonamides is 1. The van der Waals surface area contributed by atoms with Gasteiger partial charge in [0.2, 0.25) is 10.0 Å². The smallest absolute Gasteiger partial charge is 0.313 e. The fourth-order valence-electron chi connectivity index (χ4n) is 1.81. The molecule has 0 spiro atoms. The van der Waals surface area contributed by atoms with Gasteiger partial charge in [0.25, 0.3) is 0 Å². The largest absolute Gasteiger partial charge is 0.390 e. The second-order valence-electron chi connectivity index (χ2n) is 4.58. The molecule has 0 atom stereocenters. The van der Waals surface area contributed by atoms with Crippen molar-refractivity contribution in [2.24, 2.45) is 0 Å². The standard InChI is InChI=1S/C13H19F3N2O2S/c1-3-17-9-11-5-4-6-12(10(11)2)21(19,20)18-8-7-13(14,15)16/h4-6,17-18H,3,7-9H2,1-2H3. The van der Waals surface area contributed by atoms with Crippen LogP contribution in [0.1, 0.15) is 24.5 Å². The molecule has 8 heteroatoms. The molecular weight excluding hydrogens is 305 g/mol. The SMILES string of the molecule is CCNCc1cccc(S(=O)(=O)NCCC(F)(F)F)c1C. The highest BCUT2D eigenvalue weighted by Crippen LogP contribution is 2.21. The summed E-state index contributed by atoms with van der Waals surface area (Å²) in [6, 6.07) is 4.76. The Morgan fingerprint density at radius 3 is 2.48 bits per heavy atom. The van der Waals surface area contributed by atoms with Crippen LogP contribution >= 0.6 is 0 Å². The minimum absolute atomic E-state index is 0.0140. The van der Waals surface area contributed by atoms with Crippen LogP contribution in [-0.2, 0) is 16.6 Å². The van der Waals surface area contributed by atoms with E-state index in [1.165, 1.54) is 6.07 Å². The van der Waals surface area contributed by atoms with Crippen molar-refractivity contribution in [1.29, 1.82) is 0 Å². The molecule has 0 aliphatic carbocycles. The van der Waals surface area contributed by atoms with Crippen LogP contribution in [0.15, 0.2) is 23.1 Å². The lowest BCUT2D eigenvalue weighted by atomic mass is 10.1. The fraction of sp³-hybridized carbons (Fsp3) is 0.538. The van der Waals surface area contributed by atoms with Crippen LogP contribution in [-0.4, -0.2) is 27.7 Å². The summed E-state index contributed by atoms with van der Waals surface area (Å²) in [5.74, 6) is 0. The number of halogens is 3. The van der Waals surface area contributed by atoms with Crippen LogP contribution in [0, 0.1) is 6.92 Å². The van der Waals surface area contributed by atoms with Gasteiger partial charge in [-0.3, -0.25) is 0 Å². The van der Waals surface area contributed by atoms with Gasteiger partial charge in [-0.25, -0.2) is 13.1 Å². The average molecular weight is 324 g/mol. The molecule has 2 N–H and O–H groups in total. The molecule has 0 aliphatic heterocycles. The van der Waals surface area contributed by atoms with E-state index >= 15 is 0 Å². The molecule has 0 saturated carbocycles. The summed E-state index contributed by atoms with van der Waals surface area (Å²) in [7, 11) is -3.94. The average Bonchev–Trinajstić information content (AvgIpc) is 2.35. The third-order valence-electron chi connectivity index (χ3n) is 2.95. The lowest BCUT2D eigenvalue weighted by molar-refractivity contribution is -0.132.